The Morgan fingerprint density at radius 1 is 1.17 bits per heavy atom. The molecule has 1 aromatic heterocycles. The Morgan fingerprint density at radius 2 is 1.89 bits per heavy atom. The smallest absolute Gasteiger partial charge is 0.162 e. The van der Waals surface area contributed by atoms with Gasteiger partial charge in [-0.25, -0.2) is 9.97 Å². The average Bonchev–Trinajstić information content (AvgIpc) is 2.36. The van der Waals surface area contributed by atoms with Crippen molar-refractivity contribution in [2.45, 2.75) is 13.3 Å². The lowest BCUT2D eigenvalue weighted by molar-refractivity contribution is 0.991. The minimum Gasteiger partial charge on any atom is -0.232 e. The Hall–Kier alpha value is -0.350. The molecule has 2 nitrogen and oxygen atoms in total. The van der Waals surface area contributed by atoms with Gasteiger partial charge in [0.05, 0.1) is 20.2 Å². The van der Waals surface area contributed by atoms with Crippen LogP contribution in [0.3, 0.4) is 0 Å². The molecule has 0 unspecified atom stereocenters. The van der Waals surface area contributed by atoms with Crippen molar-refractivity contribution in [3.05, 3.63) is 43.6 Å². The van der Waals surface area contributed by atoms with Crippen LogP contribution < -0.4 is 0 Å². The molecule has 0 amide bonds. The lowest BCUT2D eigenvalue weighted by Crippen LogP contribution is -1.98. The largest absolute Gasteiger partial charge is 0.232 e. The van der Waals surface area contributed by atoms with E-state index in [1.807, 2.05) is 13.0 Å². The zero-order valence-corrected chi connectivity index (χ0v) is 13.2. The van der Waals surface area contributed by atoms with Gasteiger partial charge >= 0.3 is 0 Å². The molecule has 0 atom stereocenters. The third-order valence-electron chi connectivity index (χ3n) is 2.41. The number of aromatic nitrogens is 2. The molecule has 0 N–H and O–H groups in total. The predicted molar refractivity (Wildman–Crippen MR) is 79.6 cm³/mol. The number of nitrogens with zero attached hydrogens (tertiary/aromatic N) is 2. The van der Waals surface area contributed by atoms with Crippen LogP contribution in [0.1, 0.15) is 12.6 Å². The molecule has 2 rings (SSSR count). The molecular formula is C12H8BrCl3N2. The van der Waals surface area contributed by atoms with Crippen molar-refractivity contribution in [1.82, 2.24) is 9.97 Å². The highest BCUT2D eigenvalue weighted by atomic mass is 79.9. The predicted octanol–water partition coefficient (Wildman–Crippen LogP) is 5.43. The van der Waals surface area contributed by atoms with Crippen molar-refractivity contribution in [3.63, 3.8) is 0 Å². The number of rotatable bonds is 2. The number of halogens is 4. The van der Waals surface area contributed by atoms with E-state index < -0.39 is 0 Å². The zero-order chi connectivity index (χ0) is 13.3. The van der Waals surface area contributed by atoms with Gasteiger partial charge in [0, 0.05) is 5.56 Å². The van der Waals surface area contributed by atoms with Crippen molar-refractivity contribution in [2.75, 3.05) is 0 Å². The highest BCUT2D eigenvalue weighted by molar-refractivity contribution is 9.10. The van der Waals surface area contributed by atoms with Crippen LogP contribution >= 0.6 is 50.7 Å². The molecule has 0 bridgehead atoms. The minimum atomic E-state index is 0.368. The Bertz CT molecular complexity index is 602. The maximum Gasteiger partial charge on any atom is 0.162 e. The molecule has 0 saturated carbocycles. The molecule has 0 fully saturated rings. The van der Waals surface area contributed by atoms with E-state index in [1.54, 1.807) is 12.1 Å². The number of aryl methyl sites for hydroxylation is 1. The van der Waals surface area contributed by atoms with Gasteiger partial charge in [-0.2, -0.15) is 0 Å². The molecule has 0 radical (unpaired) electrons. The molecule has 0 spiro atoms. The third-order valence-corrected chi connectivity index (χ3v) is 4.56. The van der Waals surface area contributed by atoms with Gasteiger partial charge in [0.15, 0.2) is 5.82 Å². The van der Waals surface area contributed by atoms with Gasteiger partial charge in [-0.05, 0) is 34.5 Å². The van der Waals surface area contributed by atoms with Crippen molar-refractivity contribution in [3.8, 4) is 11.4 Å². The van der Waals surface area contributed by atoms with Gasteiger partial charge in [-0.3, -0.25) is 0 Å². The minimum absolute atomic E-state index is 0.368. The first-order chi connectivity index (χ1) is 8.54. The highest BCUT2D eigenvalue weighted by Crippen LogP contribution is 2.34. The Labute approximate surface area is 128 Å². The number of hydrogen-bond donors (Lipinski definition) is 0. The fourth-order valence-electron chi connectivity index (χ4n) is 1.49. The molecule has 2 aromatic rings. The van der Waals surface area contributed by atoms with Crippen LogP contribution in [0.25, 0.3) is 11.4 Å². The first kappa shape index (κ1) is 14.1. The summed E-state index contributed by atoms with van der Waals surface area (Å²) in [5.41, 5.74) is 1.51. The van der Waals surface area contributed by atoms with Gasteiger partial charge in [0.2, 0.25) is 0 Å². The lowest BCUT2D eigenvalue weighted by Gasteiger charge is -2.08. The van der Waals surface area contributed by atoms with Crippen molar-refractivity contribution in [2.24, 2.45) is 0 Å². The summed E-state index contributed by atoms with van der Waals surface area (Å²) in [5.74, 6) is 0.479. The number of hydrogen-bond acceptors (Lipinski definition) is 2. The van der Waals surface area contributed by atoms with E-state index in [-0.39, 0.29) is 0 Å². The van der Waals surface area contributed by atoms with Crippen LogP contribution in [0, 0.1) is 0 Å². The SMILES string of the molecule is CCc1nc(-c2cccc(Cl)c2Cl)nc(Cl)c1Br. The van der Waals surface area contributed by atoms with E-state index >= 15 is 0 Å². The fourth-order valence-corrected chi connectivity index (χ4v) is 2.53. The monoisotopic (exact) mass is 364 g/mol. The first-order valence-corrected chi connectivity index (χ1v) is 7.13. The molecule has 0 aliphatic carbocycles. The van der Waals surface area contributed by atoms with Crippen LogP contribution in [0.2, 0.25) is 15.2 Å². The summed E-state index contributed by atoms with van der Waals surface area (Å²) in [6.07, 6.45) is 0.744. The molecule has 1 heterocycles. The maximum atomic E-state index is 6.15. The summed E-state index contributed by atoms with van der Waals surface area (Å²) in [6, 6.07) is 5.33. The van der Waals surface area contributed by atoms with Gasteiger partial charge < -0.3 is 0 Å². The van der Waals surface area contributed by atoms with E-state index in [2.05, 4.69) is 25.9 Å². The van der Waals surface area contributed by atoms with Crippen molar-refractivity contribution in [1.29, 1.82) is 0 Å². The fraction of sp³-hybridized carbons (Fsp3) is 0.167. The van der Waals surface area contributed by atoms with Gasteiger partial charge in [-0.1, -0.05) is 47.8 Å². The second-order valence-corrected chi connectivity index (χ2v) is 5.49. The highest BCUT2D eigenvalue weighted by Gasteiger charge is 2.14. The molecule has 6 heteroatoms. The summed E-state index contributed by atoms with van der Waals surface area (Å²) in [4.78, 5) is 8.66. The molecule has 0 aliphatic heterocycles. The first-order valence-electron chi connectivity index (χ1n) is 5.21. The second kappa shape index (κ2) is 5.74. The van der Waals surface area contributed by atoms with E-state index in [1.165, 1.54) is 0 Å². The van der Waals surface area contributed by atoms with Crippen molar-refractivity contribution < 1.29 is 0 Å². The summed E-state index contributed by atoms with van der Waals surface area (Å²) >= 11 is 21.6. The third kappa shape index (κ3) is 2.64. The number of benzene rings is 1. The summed E-state index contributed by atoms with van der Waals surface area (Å²) < 4.78 is 0.716. The Morgan fingerprint density at radius 3 is 2.56 bits per heavy atom. The van der Waals surface area contributed by atoms with E-state index in [0.29, 0.717) is 31.1 Å². The topological polar surface area (TPSA) is 25.8 Å². The van der Waals surface area contributed by atoms with Crippen LogP contribution in [0.5, 0.6) is 0 Å². The van der Waals surface area contributed by atoms with E-state index in [0.717, 1.165) is 12.1 Å². The van der Waals surface area contributed by atoms with Gasteiger partial charge in [0.1, 0.15) is 5.15 Å². The Kier molecular flexibility index (Phi) is 4.49. The van der Waals surface area contributed by atoms with E-state index in [4.69, 9.17) is 34.8 Å². The van der Waals surface area contributed by atoms with Crippen molar-refractivity contribution >= 4 is 50.7 Å². The van der Waals surface area contributed by atoms with Crippen LogP contribution in [0.4, 0.5) is 0 Å². The molecule has 0 saturated heterocycles. The second-order valence-electron chi connectivity index (χ2n) is 3.55. The summed E-state index contributed by atoms with van der Waals surface area (Å²) in [5, 5.41) is 1.27. The van der Waals surface area contributed by atoms with Crippen LogP contribution in [-0.2, 0) is 6.42 Å². The molecular weight excluding hydrogens is 358 g/mol. The van der Waals surface area contributed by atoms with Gasteiger partial charge in [0.25, 0.3) is 0 Å². The standard InChI is InChI=1S/C12H8BrCl3N2/c1-2-8-9(13)11(16)18-12(17-8)6-4-3-5-7(14)10(6)15/h3-5H,2H2,1H3. The quantitative estimate of drug-likeness (QED) is 0.663. The van der Waals surface area contributed by atoms with E-state index in [9.17, 15) is 0 Å². The molecule has 1 aromatic carbocycles. The summed E-state index contributed by atoms with van der Waals surface area (Å²) in [7, 11) is 0. The van der Waals surface area contributed by atoms with Crippen LogP contribution in [0.15, 0.2) is 22.7 Å². The van der Waals surface area contributed by atoms with Crippen LogP contribution in [-0.4, -0.2) is 9.97 Å². The van der Waals surface area contributed by atoms with Gasteiger partial charge in [-0.15, -0.1) is 0 Å². The average molecular weight is 366 g/mol. The molecule has 18 heavy (non-hydrogen) atoms. The maximum absolute atomic E-state index is 6.15. The Balaban J connectivity index is 2.64. The molecule has 0 aliphatic rings. The zero-order valence-electron chi connectivity index (χ0n) is 9.35. The lowest BCUT2D eigenvalue weighted by atomic mass is 10.2. The summed E-state index contributed by atoms with van der Waals surface area (Å²) in [6.45, 7) is 1.99. The normalized spacial score (nSPS) is 10.7. The molecule has 94 valence electrons.